The number of hydrogen-bond acceptors (Lipinski definition) is 2. The van der Waals surface area contributed by atoms with Gasteiger partial charge in [0.1, 0.15) is 0 Å². The Morgan fingerprint density at radius 3 is 2.43 bits per heavy atom. The number of terminal acetylenes is 1. The monoisotopic (exact) mass is 197 g/mol. The van der Waals surface area contributed by atoms with Crippen molar-refractivity contribution in [2.75, 3.05) is 13.2 Å². The standard InChI is InChI=1S/C12H23NO/c1-6-10-13-11(7-2)12(5,8-3)14-9-4/h2,11,13H,6,8-10H2,1,3-5H3. The second kappa shape index (κ2) is 6.86. The summed E-state index contributed by atoms with van der Waals surface area (Å²) in [4.78, 5) is 0. The van der Waals surface area contributed by atoms with Crippen molar-refractivity contribution in [2.45, 2.75) is 52.2 Å². The molecule has 14 heavy (non-hydrogen) atoms. The molecule has 1 N–H and O–H groups in total. The van der Waals surface area contributed by atoms with E-state index in [1.807, 2.05) is 6.92 Å². The van der Waals surface area contributed by atoms with Crippen LogP contribution in [0.15, 0.2) is 0 Å². The number of ether oxygens (including phenoxy) is 1. The quantitative estimate of drug-likeness (QED) is 0.632. The molecule has 0 aromatic heterocycles. The van der Waals surface area contributed by atoms with Gasteiger partial charge in [-0.3, -0.25) is 0 Å². The highest BCUT2D eigenvalue weighted by Gasteiger charge is 2.31. The molecule has 0 rings (SSSR count). The first kappa shape index (κ1) is 13.5. The van der Waals surface area contributed by atoms with E-state index in [-0.39, 0.29) is 11.6 Å². The summed E-state index contributed by atoms with van der Waals surface area (Å²) in [6.45, 7) is 9.96. The second-order valence-electron chi connectivity index (χ2n) is 3.65. The van der Waals surface area contributed by atoms with Gasteiger partial charge in [0, 0.05) is 6.61 Å². The zero-order valence-electron chi connectivity index (χ0n) is 9.89. The summed E-state index contributed by atoms with van der Waals surface area (Å²) in [5.74, 6) is 2.78. The molecule has 0 saturated carbocycles. The fourth-order valence-electron chi connectivity index (χ4n) is 1.46. The van der Waals surface area contributed by atoms with Gasteiger partial charge in [-0.15, -0.1) is 6.42 Å². The molecular formula is C12H23NO. The van der Waals surface area contributed by atoms with Gasteiger partial charge in [0.05, 0.1) is 11.6 Å². The predicted molar refractivity (Wildman–Crippen MR) is 61.2 cm³/mol. The highest BCUT2D eigenvalue weighted by Crippen LogP contribution is 2.19. The third-order valence-electron chi connectivity index (χ3n) is 2.55. The number of rotatable bonds is 7. The van der Waals surface area contributed by atoms with Crippen LogP contribution < -0.4 is 5.32 Å². The summed E-state index contributed by atoms with van der Waals surface area (Å²) in [5.41, 5.74) is -0.237. The highest BCUT2D eigenvalue weighted by molar-refractivity contribution is 5.08. The van der Waals surface area contributed by atoms with E-state index in [1.165, 1.54) is 0 Å². The lowest BCUT2D eigenvalue weighted by Gasteiger charge is -2.34. The van der Waals surface area contributed by atoms with Crippen molar-refractivity contribution in [2.24, 2.45) is 0 Å². The minimum atomic E-state index is -0.237. The van der Waals surface area contributed by atoms with Gasteiger partial charge in [0.15, 0.2) is 0 Å². The van der Waals surface area contributed by atoms with Crippen molar-refractivity contribution in [1.82, 2.24) is 5.32 Å². The van der Waals surface area contributed by atoms with Crippen LogP contribution in [0, 0.1) is 12.3 Å². The molecule has 2 unspecified atom stereocenters. The van der Waals surface area contributed by atoms with Gasteiger partial charge in [0.2, 0.25) is 0 Å². The zero-order chi connectivity index (χ0) is 11.0. The molecule has 82 valence electrons. The van der Waals surface area contributed by atoms with Crippen LogP contribution >= 0.6 is 0 Å². The molecule has 2 nitrogen and oxygen atoms in total. The minimum absolute atomic E-state index is 0.00685. The molecule has 0 aliphatic heterocycles. The fourth-order valence-corrected chi connectivity index (χ4v) is 1.46. The maximum Gasteiger partial charge on any atom is 0.0978 e. The summed E-state index contributed by atoms with van der Waals surface area (Å²) >= 11 is 0. The van der Waals surface area contributed by atoms with Crippen molar-refractivity contribution >= 4 is 0 Å². The maximum atomic E-state index is 5.72. The first-order valence-electron chi connectivity index (χ1n) is 5.48. The topological polar surface area (TPSA) is 21.3 Å². The maximum absolute atomic E-state index is 5.72. The van der Waals surface area contributed by atoms with E-state index in [0.29, 0.717) is 6.61 Å². The first-order chi connectivity index (χ1) is 6.64. The third-order valence-corrected chi connectivity index (χ3v) is 2.55. The smallest absolute Gasteiger partial charge is 0.0978 e. The predicted octanol–water partition coefficient (Wildman–Crippen LogP) is 2.19. The van der Waals surface area contributed by atoms with Crippen LogP contribution in [0.25, 0.3) is 0 Å². The van der Waals surface area contributed by atoms with Gasteiger partial charge in [-0.1, -0.05) is 19.8 Å². The average Bonchev–Trinajstić information content (AvgIpc) is 2.19. The lowest BCUT2D eigenvalue weighted by atomic mass is 9.93. The molecule has 0 heterocycles. The third kappa shape index (κ3) is 3.69. The molecule has 0 fully saturated rings. The van der Waals surface area contributed by atoms with E-state index < -0.39 is 0 Å². The molecular weight excluding hydrogens is 174 g/mol. The van der Waals surface area contributed by atoms with Gasteiger partial charge < -0.3 is 10.1 Å². The highest BCUT2D eigenvalue weighted by atomic mass is 16.5. The van der Waals surface area contributed by atoms with Gasteiger partial charge in [-0.05, 0) is 33.2 Å². The normalized spacial score (nSPS) is 17.1. The Hall–Kier alpha value is -0.520. The Morgan fingerprint density at radius 2 is 2.07 bits per heavy atom. The second-order valence-corrected chi connectivity index (χ2v) is 3.65. The molecule has 2 heteroatoms. The van der Waals surface area contributed by atoms with E-state index in [4.69, 9.17) is 11.2 Å². The fraction of sp³-hybridized carbons (Fsp3) is 0.833. The van der Waals surface area contributed by atoms with E-state index in [1.54, 1.807) is 0 Å². The van der Waals surface area contributed by atoms with E-state index in [0.717, 1.165) is 19.4 Å². The van der Waals surface area contributed by atoms with Crippen LogP contribution in [0.3, 0.4) is 0 Å². The largest absolute Gasteiger partial charge is 0.373 e. The van der Waals surface area contributed by atoms with Gasteiger partial charge in [0.25, 0.3) is 0 Å². The van der Waals surface area contributed by atoms with E-state index in [9.17, 15) is 0 Å². The SMILES string of the molecule is C#CC(NCCC)C(C)(CC)OCC. The van der Waals surface area contributed by atoms with Crippen molar-refractivity contribution in [3.8, 4) is 12.3 Å². The lowest BCUT2D eigenvalue weighted by molar-refractivity contribution is -0.0417. The molecule has 0 amide bonds. The van der Waals surface area contributed by atoms with Crippen LogP contribution in [-0.2, 0) is 4.74 Å². The number of nitrogens with one attached hydrogen (secondary N) is 1. The van der Waals surface area contributed by atoms with Crippen LogP contribution in [0.2, 0.25) is 0 Å². The van der Waals surface area contributed by atoms with Gasteiger partial charge in [-0.2, -0.15) is 0 Å². The van der Waals surface area contributed by atoms with Crippen LogP contribution in [0.5, 0.6) is 0 Å². The molecule has 0 aromatic carbocycles. The lowest BCUT2D eigenvalue weighted by Crippen LogP contribution is -2.49. The molecule has 0 aromatic rings. The van der Waals surface area contributed by atoms with Crippen molar-refractivity contribution < 1.29 is 4.74 Å². The molecule has 0 aliphatic carbocycles. The Labute approximate surface area is 88.4 Å². The van der Waals surface area contributed by atoms with E-state index in [2.05, 4.69) is 32.0 Å². The van der Waals surface area contributed by atoms with E-state index >= 15 is 0 Å². The Bertz CT molecular complexity index is 185. The van der Waals surface area contributed by atoms with Crippen LogP contribution in [0.4, 0.5) is 0 Å². The van der Waals surface area contributed by atoms with Crippen molar-refractivity contribution in [3.05, 3.63) is 0 Å². The molecule has 0 spiro atoms. The van der Waals surface area contributed by atoms with Gasteiger partial charge >= 0.3 is 0 Å². The minimum Gasteiger partial charge on any atom is -0.373 e. The van der Waals surface area contributed by atoms with Gasteiger partial charge in [-0.25, -0.2) is 0 Å². The Morgan fingerprint density at radius 1 is 1.43 bits per heavy atom. The summed E-state index contributed by atoms with van der Waals surface area (Å²) in [6.07, 6.45) is 7.52. The molecule has 0 saturated heterocycles. The molecule has 0 bridgehead atoms. The molecule has 0 radical (unpaired) electrons. The molecule has 2 atom stereocenters. The first-order valence-corrected chi connectivity index (χ1v) is 5.48. The summed E-state index contributed by atoms with van der Waals surface area (Å²) in [5, 5.41) is 3.33. The molecule has 0 aliphatic rings. The van der Waals surface area contributed by atoms with Crippen LogP contribution in [-0.4, -0.2) is 24.8 Å². The van der Waals surface area contributed by atoms with Crippen molar-refractivity contribution in [1.29, 1.82) is 0 Å². The van der Waals surface area contributed by atoms with Crippen molar-refractivity contribution in [3.63, 3.8) is 0 Å². The Kier molecular flexibility index (Phi) is 6.61. The summed E-state index contributed by atoms with van der Waals surface area (Å²) in [7, 11) is 0. The summed E-state index contributed by atoms with van der Waals surface area (Å²) < 4.78 is 5.72. The van der Waals surface area contributed by atoms with Crippen LogP contribution in [0.1, 0.15) is 40.5 Å². The zero-order valence-corrected chi connectivity index (χ0v) is 9.89. The summed E-state index contributed by atoms with van der Waals surface area (Å²) in [6, 6.07) is 0.00685. The number of hydrogen-bond donors (Lipinski definition) is 1. The Balaban J connectivity index is 4.36. The average molecular weight is 197 g/mol.